The standard InChI is InChI=1S/C18H34N4OS/c1-5-19-18(20-9-11-22(3)10-7-12-23-4)21-15-16(2)14-17-8-6-13-24-17/h6,8,13,16H,5,7,9-12,14-15H2,1-4H3,(H2,19,20,21). The fourth-order valence-corrected chi connectivity index (χ4v) is 3.25. The van der Waals surface area contributed by atoms with E-state index in [2.05, 4.69) is 53.9 Å². The Bertz CT molecular complexity index is 436. The van der Waals surface area contributed by atoms with Crippen LogP contribution in [0.3, 0.4) is 0 Å². The first-order chi connectivity index (χ1) is 11.7. The molecule has 24 heavy (non-hydrogen) atoms. The third kappa shape index (κ3) is 9.90. The molecule has 6 heteroatoms. The first kappa shape index (κ1) is 20.9. The Kier molecular flexibility index (Phi) is 11.5. The van der Waals surface area contributed by atoms with Crippen molar-refractivity contribution in [3.63, 3.8) is 0 Å². The molecule has 0 aliphatic rings. The fourth-order valence-electron chi connectivity index (χ4n) is 2.38. The second kappa shape index (κ2) is 13.2. The van der Waals surface area contributed by atoms with Gasteiger partial charge in [-0.1, -0.05) is 13.0 Å². The number of guanidine groups is 1. The molecule has 1 heterocycles. The lowest BCUT2D eigenvalue weighted by molar-refractivity contribution is 0.180. The Morgan fingerprint density at radius 3 is 2.88 bits per heavy atom. The van der Waals surface area contributed by atoms with E-state index < -0.39 is 0 Å². The van der Waals surface area contributed by atoms with Crippen molar-refractivity contribution >= 4 is 17.3 Å². The average Bonchev–Trinajstić information content (AvgIpc) is 3.05. The molecule has 0 saturated carbocycles. The Hall–Kier alpha value is -1.11. The van der Waals surface area contributed by atoms with Crippen molar-refractivity contribution in [1.29, 1.82) is 0 Å². The summed E-state index contributed by atoms with van der Waals surface area (Å²) in [4.78, 5) is 8.48. The fraction of sp³-hybridized carbons (Fsp3) is 0.722. The molecular formula is C18H34N4OS. The zero-order chi connectivity index (χ0) is 17.6. The number of nitrogens with one attached hydrogen (secondary N) is 2. The number of hydrogen-bond acceptors (Lipinski definition) is 4. The quantitative estimate of drug-likeness (QED) is 0.344. The summed E-state index contributed by atoms with van der Waals surface area (Å²) in [7, 11) is 3.89. The van der Waals surface area contributed by atoms with E-state index in [1.54, 1.807) is 7.11 Å². The highest BCUT2D eigenvalue weighted by Crippen LogP contribution is 2.14. The topological polar surface area (TPSA) is 48.9 Å². The van der Waals surface area contributed by atoms with Crippen LogP contribution in [0.25, 0.3) is 0 Å². The minimum Gasteiger partial charge on any atom is -0.385 e. The zero-order valence-electron chi connectivity index (χ0n) is 15.7. The van der Waals surface area contributed by atoms with Gasteiger partial charge in [-0.05, 0) is 44.2 Å². The van der Waals surface area contributed by atoms with Crippen LogP contribution in [0, 0.1) is 5.92 Å². The second-order valence-electron chi connectivity index (χ2n) is 6.18. The number of methoxy groups -OCH3 is 1. The molecule has 0 aliphatic carbocycles. The van der Waals surface area contributed by atoms with Gasteiger partial charge in [0.1, 0.15) is 0 Å². The molecule has 0 fully saturated rings. The van der Waals surface area contributed by atoms with Crippen LogP contribution in [0.5, 0.6) is 0 Å². The van der Waals surface area contributed by atoms with E-state index in [0.29, 0.717) is 5.92 Å². The van der Waals surface area contributed by atoms with Crippen LogP contribution >= 0.6 is 11.3 Å². The molecule has 138 valence electrons. The summed E-state index contributed by atoms with van der Waals surface area (Å²) < 4.78 is 5.09. The molecule has 1 unspecified atom stereocenters. The van der Waals surface area contributed by atoms with Crippen LogP contribution in [0.1, 0.15) is 25.1 Å². The molecular weight excluding hydrogens is 320 g/mol. The number of nitrogens with zero attached hydrogens (tertiary/aromatic N) is 2. The summed E-state index contributed by atoms with van der Waals surface area (Å²) in [6.45, 7) is 9.86. The molecule has 5 nitrogen and oxygen atoms in total. The highest BCUT2D eigenvalue weighted by molar-refractivity contribution is 7.09. The minimum absolute atomic E-state index is 0.552. The number of rotatable bonds is 12. The summed E-state index contributed by atoms with van der Waals surface area (Å²) >= 11 is 1.83. The summed E-state index contributed by atoms with van der Waals surface area (Å²) in [6, 6.07) is 4.32. The molecule has 2 N–H and O–H groups in total. The van der Waals surface area contributed by atoms with E-state index in [9.17, 15) is 0 Å². The normalized spacial score (nSPS) is 13.3. The molecule has 0 radical (unpaired) electrons. The maximum Gasteiger partial charge on any atom is 0.191 e. The summed E-state index contributed by atoms with van der Waals surface area (Å²) in [6.07, 6.45) is 2.17. The lowest BCUT2D eigenvalue weighted by Gasteiger charge is -2.18. The van der Waals surface area contributed by atoms with Crippen LogP contribution in [0.4, 0.5) is 0 Å². The maximum absolute atomic E-state index is 5.09. The first-order valence-corrected chi connectivity index (χ1v) is 9.75. The van der Waals surface area contributed by atoms with Crippen molar-refractivity contribution in [2.45, 2.75) is 26.7 Å². The molecule has 1 aromatic rings. The van der Waals surface area contributed by atoms with Crippen molar-refractivity contribution in [3.8, 4) is 0 Å². The first-order valence-electron chi connectivity index (χ1n) is 8.87. The van der Waals surface area contributed by atoms with E-state index in [-0.39, 0.29) is 0 Å². The van der Waals surface area contributed by atoms with Crippen LogP contribution in [0.15, 0.2) is 22.5 Å². The lowest BCUT2D eigenvalue weighted by Crippen LogP contribution is -2.41. The molecule has 0 spiro atoms. The highest BCUT2D eigenvalue weighted by atomic mass is 32.1. The Balaban J connectivity index is 2.28. The predicted molar refractivity (Wildman–Crippen MR) is 105 cm³/mol. The Morgan fingerprint density at radius 1 is 1.38 bits per heavy atom. The number of aliphatic imine (C=N–C) groups is 1. The number of likely N-dealkylation sites (N-methyl/N-ethyl adjacent to an activating group) is 1. The average molecular weight is 355 g/mol. The smallest absolute Gasteiger partial charge is 0.191 e. The van der Waals surface area contributed by atoms with Gasteiger partial charge in [-0.3, -0.25) is 4.99 Å². The lowest BCUT2D eigenvalue weighted by atomic mass is 10.1. The van der Waals surface area contributed by atoms with Gasteiger partial charge in [-0.25, -0.2) is 0 Å². The zero-order valence-corrected chi connectivity index (χ0v) is 16.5. The van der Waals surface area contributed by atoms with Gasteiger partial charge in [0.05, 0.1) is 0 Å². The van der Waals surface area contributed by atoms with Gasteiger partial charge in [0.25, 0.3) is 0 Å². The van der Waals surface area contributed by atoms with Gasteiger partial charge in [0.2, 0.25) is 0 Å². The summed E-state index contributed by atoms with van der Waals surface area (Å²) in [5.74, 6) is 1.47. The number of thiophene rings is 1. The SMILES string of the molecule is CCNC(=NCC(C)Cc1cccs1)NCCN(C)CCCOC. The van der Waals surface area contributed by atoms with Gasteiger partial charge in [-0.15, -0.1) is 11.3 Å². The molecule has 0 aliphatic heterocycles. The molecule has 0 saturated heterocycles. The van der Waals surface area contributed by atoms with E-state index in [4.69, 9.17) is 9.73 Å². The number of ether oxygens (including phenoxy) is 1. The van der Waals surface area contributed by atoms with Crippen molar-refractivity contribution in [3.05, 3.63) is 22.4 Å². The van der Waals surface area contributed by atoms with Gasteiger partial charge in [0, 0.05) is 51.3 Å². The van der Waals surface area contributed by atoms with Crippen LogP contribution < -0.4 is 10.6 Å². The van der Waals surface area contributed by atoms with E-state index in [1.807, 2.05) is 11.3 Å². The molecule has 1 rings (SSSR count). The predicted octanol–water partition coefficient (Wildman–Crippen LogP) is 2.45. The summed E-state index contributed by atoms with van der Waals surface area (Å²) in [5, 5.41) is 8.89. The van der Waals surface area contributed by atoms with Gasteiger partial charge in [-0.2, -0.15) is 0 Å². The van der Waals surface area contributed by atoms with Crippen LogP contribution in [-0.2, 0) is 11.2 Å². The van der Waals surface area contributed by atoms with Crippen molar-refractivity contribution in [2.24, 2.45) is 10.9 Å². The summed E-state index contributed by atoms with van der Waals surface area (Å²) in [5.41, 5.74) is 0. The van der Waals surface area contributed by atoms with E-state index in [0.717, 1.165) is 58.1 Å². The van der Waals surface area contributed by atoms with Crippen molar-refractivity contribution < 1.29 is 4.74 Å². The molecule has 1 atom stereocenters. The molecule has 1 aromatic heterocycles. The van der Waals surface area contributed by atoms with E-state index in [1.165, 1.54) is 4.88 Å². The van der Waals surface area contributed by atoms with Crippen LogP contribution in [0.2, 0.25) is 0 Å². The highest BCUT2D eigenvalue weighted by Gasteiger charge is 2.05. The second-order valence-corrected chi connectivity index (χ2v) is 7.22. The van der Waals surface area contributed by atoms with E-state index >= 15 is 0 Å². The largest absolute Gasteiger partial charge is 0.385 e. The Morgan fingerprint density at radius 2 is 2.21 bits per heavy atom. The molecule has 0 bridgehead atoms. The Labute approximate surface area is 151 Å². The molecule has 0 amide bonds. The monoisotopic (exact) mass is 354 g/mol. The molecule has 0 aromatic carbocycles. The third-order valence-electron chi connectivity index (χ3n) is 3.71. The van der Waals surface area contributed by atoms with Gasteiger partial charge >= 0.3 is 0 Å². The van der Waals surface area contributed by atoms with Crippen molar-refractivity contribution in [2.75, 3.05) is 53.5 Å². The van der Waals surface area contributed by atoms with Crippen LogP contribution in [-0.4, -0.2) is 64.3 Å². The van der Waals surface area contributed by atoms with Gasteiger partial charge in [0.15, 0.2) is 5.96 Å². The van der Waals surface area contributed by atoms with Gasteiger partial charge < -0.3 is 20.3 Å². The number of hydrogen-bond donors (Lipinski definition) is 2. The maximum atomic E-state index is 5.09. The third-order valence-corrected chi connectivity index (χ3v) is 4.61. The minimum atomic E-state index is 0.552. The van der Waals surface area contributed by atoms with Crippen molar-refractivity contribution in [1.82, 2.24) is 15.5 Å².